The topological polar surface area (TPSA) is 52.0 Å². The van der Waals surface area contributed by atoms with Crippen LogP contribution in [0, 0.1) is 0 Å². The molecule has 0 saturated carbocycles. The molecule has 0 radical (unpaired) electrons. The number of hydrogen-bond donors (Lipinski definition) is 0. The lowest BCUT2D eigenvalue weighted by atomic mass is 10.7. The summed E-state index contributed by atoms with van der Waals surface area (Å²) in [7, 11) is -1.18. The number of imidazole rings is 1. The maximum absolute atomic E-state index is 10.8. The van der Waals surface area contributed by atoms with E-state index in [9.17, 15) is 8.42 Å². The van der Waals surface area contributed by atoms with Gasteiger partial charge in [0.25, 0.3) is 0 Å². The summed E-state index contributed by atoms with van der Waals surface area (Å²) in [6.45, 7) is 0. The highest BCUT2D eigenvalue weighted by Gasteiger charge is 2.07. The first-order valence-electron chi connectivity index (χ1n) is 3.13. The molecule has 62 valence electrons. The standard InChI is InChI=1S/C6H10N2O2S/c1-8-4-3-7-6(8)5-11(2,9)10/h3-4H,5H2,1-2H3. The van der Waals surface area contributed by atoms with Crippen LogP contribution in [0.15, 0.2) is 12.4 Å². The molecule has 0 spiro atoms. The highest BCUT2D eigenvalue weighted by Crippen LogP contribution is 1.99. The summed E-state index contributed by atoms with van der Waals surface area (Å²) >= 11 is 0. The molecule has 11 heavy (non-hydrogen) atoms. The zero-order chi connectivity index (χ0) is 8.48. The molecule has 0 aliphatic rings. The van der Waals surface area contributed by atoms with Crippen LogP contribution in [-0.2, 0) is 22.6 Å². The first kappa shape index (κ1) is 8.26. The second-order valence-corrected chi connectivity index (χ2v) is 4.66. The number of aromatic nitrogens is 2. The van der Waals surface area contributed by atoms with Gasteiger partial charge in [-0.1, -0.05) is 0 Å². The van der Waals surface area contributed by atoms with Crippen molar-refractivity contribution >= 4 is 9.84 Å². The first-order valence-corrected chi connectivity index (χ1v) is 5.19. The minimum atomic E-state index is -2.95. The zero-order valence-electron chi connectivity index (χ0n) is 6.48. The van der Waals surface area contributed by atoms with Crippen molar-refractivity contribution in [1.29, 1.82) is 0 Å². The normalized spacial score (nSPS) is 11.8. The van der Waals surface area contributed by atoms with E-state index in [0.29, 0.717) is 5.82 Å². The van der Waals surface area contributed by atoms with Crippen molar-refractivity contribution < 1.29 is 8.42 Å². The molecule has 1 heterocycles. The summed E-state index contributed by atoms with van der Waals surface area (Å²) in [6.07, 6.45) is 4.50. The largest absolute Gasteiger partial charge is 0.337 e. The SMILES string of the molecule is Cn1ccnc1CS(C)(=O)=O. The predicted molar refractivity (Wildman–Crippen MR) is 41.8 cm³/mol. The molecule has 0 bridgehead atoms. The Morgan fingerprint density at radius 3 is 2.64 bits per heavy atom. The number of hydrogen-bond acceptors (Lipinski definition) is 3. The van der Waals surface area contributed by atoms with Gasteiger partial charge in [0.05, 0.1) is 0 Å². The van der Waals surface area contributed by atoms with E-state index in [1.165, 1.54) is 6.26 Å². The van der Waals surface area contributed by atoms with Gasteiger partial charge in [-0.25, -0.2) is 13.4 Å². The highest BCUT2D eigenvalue weighted by molar-refractivity contribution is 7.89. The Morgan fingerprint density at radius 1 is 1.64 bits per heavy atom. The van der Waals surface area contributed by atoms with Crippen LogP contribution in [0.25, 0.3) is 0 Å². The number of sulfone groups is 1. The van der Waals surface area contributed by atoms with Crippen LogP contribution in [0.2, 0.25) is 0 Å². The van der Waals surface area contributed by atoms with E-state index in [0.717, 1.165) is 0 Å². The van der Waals surface area contributed by atoms with Gasteiger partial charge in [0, 0.05) is 25.7 Å². The minimum Gasteiger partial charge on any atom is -0.337 e. The number of aryl methyl sites for hydroxylation is 1. The monoisotopic (exact) mass is 174 g/mol. The van der Waals surface area contributed by atoms with Crippen molar-refractivity contribution in [3.05, 3.63) is 18.2 Å². The maximum atomic E-state index is 10.8. The molecule has 0 amide bonds. The lowest BCUT2D eigenvalue weighted by Crippen LogP contribution is -2.06. The summed E-state index contributed by atoms with van der Waals surface area (Å²) < 4.78 is 23.3. The van der Waals surface area contributed by atoms with Crippen molar-refractivity contribution in [3.63, 3.8) is 0 Å². The van der Waals surface area contributed by atoms with E-state index >= 15 is 0 Å². The van der Waals surface area contributed by atoms with Gasteiger partial charge >= 0.3 is 0 Å². The van der Waals surface area contributed by atoms with Gasteiger partial charge in [-0.05, 0) is 0 Å². The molecule has 0 aromatic carbocycles. The van der Waals surface area contributed by atoms with Crippen LogP contribution in [-0.4, -0.2) is 24.2 Å². The Bertz CT molecular complexity index is 339. The van der Waals surface area contributed by atoms with Crippen LogP contribution in [0.1, 0.15) is 5.82 Å². The Labute approximate surface area is 65.8 Å². The summed E-state index contributed by atoms with van der Waals surface area (Å²) in [6, 6.07) is 0. The van der Waals surface area contributed by atoms with Crippen molar-refractivity contribution in [2.75, 3.05) is 6.26 Å². The summed E-state index contributed by atoms with van der Waals surface area (Å²) in [5.74, 6) is 0.587. The fraction of sp³-hybridized carbons (Fsp3) is 0.500. The second kappa shape index (κ2) is 2.65. The average Bonchev–Trinajstić information content (AvgIpc) is 2.12. The number of rotatable bonds is 2. The molecule has 1 aromatic heterocycles. The third-order valence-electron chi connectivity index (χ3n) is 1.31. The van der Waals surface area contributed by atoms with Crippen molar-refractivity contribution in [2.24, 2.45) is 7.05 Å². The van der Waals surface area contributed by atoms with Crippen LogP contribution < -0.4 is 0 Å². The van der Waals surface area contributed by atoms with Crippen molar-refractivity contribution in [2.45, 2.75) is 5.75 Å². The van der Waals surface area contributed by atoms with E-state index in [1.54, 1.807) is 24.0 Å². The van der Waals surface area contributed by atoms with Crippen molar-refractivity contribution in [1.82, 2.24) is 9.55 Å². The molecule has 0 N–H and O–H groups in total. The molecular formula is C6H10N2O2S. The van der Waals surface area contributed by atoms with Gasteiger partial charge in [-0.3, -0.25) is 0 Å². The maximum Gasteiger partial charge on any atom is 0.154 e. The van der Waals surface area contributed by atoms with E-state index in [-0.39, 0.29) is 5.75 Å². The van der Waals surface area contributed by atoms with E-state index in [4.69, 9.17) is 0 Å². The Balaban J connectivity index is 2.89. The lowest BCUT2D eigenvalue weighted by molar-refractivity contribution is 0.598. The van der Waals surface area contributed by atoms with Gasteiger partial charge in [-0.15, -0.1) is 0 Å². The number of nitrogens with zero attached hydrogens (tertiary/aromatic N) is 2. The first-order chi connectivity index (χ1) is 4.99. The van der Waals surface area contributed by atoms with Crippen LogP contribution >= 0.6 is 0 Å². The molecule has 0 atom stereocenters. The smallest absolute Gasteiger partial charge is 0.154 e. The Hall–Kier alpha value is -0.840. The molecule has 0 aliphatic carbocycles. The minimum absolute atomic E-state index is 0.0104. The second-order valence-electron chi connectivity index (χ2n) is 2.52. The third-order valence-corrected chi connectivity index (χ3v) is 2.09. The lowest BCUT2D eigenvalue weighted by Gasteiger charge is -1.97. The van der Waals surface area contributed by atoms with Gasteiger partial charge < -0.3 is 4.57 Å². The fourth-order valence-corrected chi connectivity index (χ4v) is 1.52. The molecule has 4 nitrogen and oxygen atoms in total. The molecule has 1 rings (SSSR count). The van der Waals surface area contributed by atoms with Crippen LogP contribution in [0.5, 0.6) is 0 Å². The predicted octanol–water partition coefficient (Wildman–Crippen LogP) is -0.0353. The molecule has 5 heteroatoms. The summed E-state index contributed by atoms with van der Waals surface area (Å²) in [5, 5.41) is 0. The Kier molecular flexibility index (Phi) is 1.99. The van der Waals surface area contributed by atoms with Gasteiger partial charge in [-0.2, -0.15) is 0 Å². The molecular weight excluding hydrogens is 164 g/mol. The zero-order valence-corrected chi connectivity index (χ0v) is 7.30. The third kappa shape index (κ3) is 2.34. The highest BCUT2D eigenvalue weighted by atomic mass is 32.2. The molecule has 0 unspecified atom stereocenters. The van der Waals surface area contributed by atoms with E-state index in [1.807, 2.05) is 0 Å². The molecule has 1 aromatic rings. The van der Waals surface area contributed by atoms with Gasteiger partial charge in [0.1, 0.15) is 11.6 Å². The van der Waals surface area contributed by atoms with E-state index < -0.39 is 9.84 Å². The van der Waals surface area contributed by atoms with Crippen molar-refractivity contribution in [3.8, 4) is 0 Å². The average molecular weight is 174 g/mol. The molecule has 0 saturated heterocycles. The van der Waals surface area contributed by atoms with Gasteiger partial charge in [0.15, 0.2) is 9.84 Å². The molecule has 0 aliphatic heterocycles. The van der Waals surface area contributed by atoms with Crippen LogP contribution in [0.4, 0.5) is 0 Å². The fourth-order valence-electron chi connectivity index (χ4n) is 0.770. The van der Waals surface area contributed by atoms with E-state index in [2.05, 4.69) is 4.98 Å². The summed E-state index contributed by atoms with van der Waals surface area (Å²) in [4.78, 5) is 3.88. The quantitative estimate of drug-likeness (QED) is 0.632. The Morgan fingerprint density at radius 2 is 2.27 bits per heavy atom. The molecule has 0 fully saturated rings. The van der Waals surface area contributed by atoms with Crippen LogP contribution in [0.3, 0.4) is 0 Å². The van der Waals surface area contributed by atoms with Gasteiger partial charge in [0.2, 0.25) is 0 Å². The summed E-state index contributed by atoms with van der Waals surface area (Å²) in [5.41, 5.74) is 0.